The number of hydrogen-bond acceptors (Lipinski definition) is 5. The van der Waals surface area contributed by atoms with Gasteiger partial charge in [-0.15, -0.1) is 5.10 Å². The standard InChI is InChI=1S/C18H13N5O3/c1-21-18(24)14-10-6-5-9-13(14)17(20-21)22-16(12-7-3-2-4-8-12)15(11-19-22)23(25)26/h2-11H,1H3. The van der Waals surface area contributed by atoms with Crippen molar-refractivity contribution in [3.05, 3.63) is 81.3 Å². The lowest BCUT2D eigenvalue weighted by Gasteiger charge is -2.10. The number of aryl methyl sites for hydroxylation is 1. The Morgan fingerprint density at radius 2 is 1.65 bits per heavy atom. The van der Waals surface area contributed by atoms with Gasteiger partial charge in [0, 0.05) is 18.0 Å². The summed E-state index contributed by atoms with van der Waals surface area (Å²) < 4.78 is 2.62. The van der Waals surface area contributed by atoms with Gasteiger partial charge in [-0.3, -0.25) is 14.9 Å². The highest BCUT2D eigenvalue weighted by atomic mass is 16.6. The summed E-state index contributed by atoms with van der Waals surface area (Å²) in [4.78, 5) is 23.4. The normalized spacial score (nSPS) is 11.0. The maximum atomic E-state index is 12.3. The number of rotatable bonds is 3. The molecular weight excluding hydrogens is 334 g/mol. The lowest BCUT2D eigenvalue weighted by Crippen LogP contribution is -2.22. The fourth-order valence-corrected chi connectivity index (χ4v) is 2.94. The quantitative estimate of drug-likeness (QED) is 0.419. The van der Waals surface area contributed by atoms with Gasteiger partial charge in [0.1, 0.15) is 6.20 Å². The highest BCUT2D eigenvalue weighted by Crippen LogP contribution is 2.32. The molecule has 0 atom stereocenters. The summed E-state index contributed by atoms with van der Waals surface area (Å²) in [7, 11) is 1.54. The minimum absolute atomic E-state index is 0.129. The Labute approximate surface area is 147 Å². The molecule has 8 heteroatoms. The molecule has 0 spiro atoms. The molecule has 0 saturated heterocycles. The number of aromatic nitrogens is 4. The summed E-state index contributed by atoms with van der Waals surface area (Å²) in [6.45, 7) is 0. The lowest BCUT2D eigenvalue weighted by molar-refractivity contribution is -0.384. The van der Waals surface area contributed by atoms with Crippen LogP contribution in [0.5, 0.6) is 0 Å². The van der Waals surface area contributed by atoms with Crippen molar-refractivity contribution >= 4 is 16.5 Å². The average Bonchev–Trinajstić information content (AvgIpc) is 3.10. The second-order valence-electron chi connectivity index (χ2n) is 5.71. The minimum atomic E-state index is -0.476. The molecule has 0 N–H and O–H groups in total. The van der Waals surface area contributed by atoms with Gasteiger partial charge in [0.2, 0.25) is 0 Å². The van der Waals surface area contributed by atoms with Crippen LogP contribution in [0.1, 0.15) is 0 Å². The van der Waals surface area contributed by atoms with E-state index in [2.05, 4.69) is 10.2 Å². The molecule has 8 nitrogen and oxygen atoms in total. The summed E-state index contributed by atoms with van der Waals surface area (Å²) in [6.07, 6.45) is 1.20. The van der Waals surface area contributed by atoms with Gasteiger partial charge in [-0.1, -0.05) is 48.5 Å². The highest BCUT2D eigenvalue weighted by Gasteiger charge is 2.25. The minimum Gasteiger partial charge on any atom is -0.267 e. The maximum absolute atomic E-state index is 12.3. The molecule has 2 aromatic heterocycles. The Bertz CT molecular complexity index is 1190. The van der Waals surface area contributed by atoms with Gasteiger partial charge < -0.3 is 0 Å². The van der Waals surface area contributed by atoms with Gasteiger partial charge >= 0.3 is 5.69 Å². The molecule has 0 amide bonds. The lowest BCUT2D eigenvalue weighted by atomic mass is 10.1. The smallest absolute Gasteiger partial charge is 0.267 e. The monoisotopic (exact) mass is 347 g/mol. The van der Waals surface area contributed by atoms with Gasteiger partial charge in [0.15, 0.2) is 11.5 Å². The second-order valence-corrected chi connectivity index (χ2v) is 5.71. The summed E-state index contributed by atoms with van der Waals surface area (Å²) in [5.41, 5.74) is 0.575. The van der Waals surface area contributed by atoms with E-state index in [1.54, 1.807) is 55.6 Å². The van der Waals surface area contributed by atoms with Crippen molar-refractivity contribution < 1.29 is 4.92 Å². The van der Waals surface area contributed by atoms with E-state index in [0.29, 0.717) is 27.8 Å². The Morgan fingerprint density at radius 3 is 2.35 bits per heavy atom. The van der Waals surface area contributed by atoms with E-state index in [0.717, 1.165) is 0 Å². The van der Waals surface area contributed by atoms with Crippen molar-refractivity contribution in [2.45, 2.75) is 0 Å². The van der Waals surface area contributed by atoms with Crippen LogP contribution < -0.4 is 5.56 Å². The summed E-state index contributed by atoms with van der Waals surface area (Å²) in [6, 6.07) is 15.9. The fourth-order valence-electron chi connectivity index (χ4n) is 2.94. The Hall–Kier alpha value is -3.81. The molecule has 2 heterocycles. The van der Waals surface area contributed by atoms with Crippen molar-refractivity contribution in [2.24, 2.45) is 7.05 Å². The number of nitrogens with zero attached hydrogens (tertiary/aromatic N) is 5. The Morgan fingerprint density at radius 1 is 1.00 bits per heavy atom. The average molecular weight is 347 g/mol. The SMILES string of the molecule is Cn1nc(-n2ncc([N+](=O)[O-])c2-c2ccccc2)c2ccccc2c1=O. The molecule has 26 heavy (non-hydrogen) atoms. The van der Waals surface area contributed by atoms with Crippen LogP contribution in [0.2, 0.25) is 0 Å². The summed E-state index contributed by atoms with van der Waals surface area (Å²) in [5.74, 6) is 0.356. The van der Waals surface area contributed by atoms with Gasteiger partial charge in [-0.25, -0.2) is 9.36 Å². The Kier molecular flexibility index (Phi) is 3.58. The molecule has 0 unspecified atom stereocenters. The van der Waals surface area contributed by atoms with Gasteiger partial charge in [-0.2, -0.15) is 5.10 Å². The van der Waals surface area contributed by atoms with Crippen molar-refractivity contribution in [1.29, 1.82) is 0 Å². The van der Waals surface area contributed by atoms with Gasteiger partial charge in [-0.05, 0) is 6.07 Å². The first-order chi connectivity index (χ1) is 12.6. The third-order valence-corrected chi connectivity index (χ3v) is 4.13. The molecule has 0 radical (unpaired) electrons. The zero-order valence-corrected chi connectivity index (χ0v) is 13.7. The molecule has 128 valence electrons. The Balaban J connectivity index is 2.11. The first-order valence-corrected chi connectivity index (χ1v) is 7.82. The maximum Gasteiger partial charge on any atom is 0.315 e. The highest BCUT2D eigenvalue weighted by molar-refractivity contribution is 5.88. The zero-order valence-electron chi connectivity index (χ0n) is 13.7. The number of hydrogen-bond donors (Lipinski definition) is 0. The molecular formula is C18H13N5O3. The van der Waals surface area contributed by atoms with Crippen molar-refractivity contribution in [3.8, 4) is 17.1 Å². The molecule has 0 aliphatic heterocycles. The van der Waals surface area contributed by atoms with Crippen LogP contribution >= 0.6 is 0 Å². The molecule has 0 aliphatic rings. The molecule has 0 bridgehead atoms. The first kappa shape index (κ1) is 15.7. The predicted molar refractivity (Wildman–Crippen MR) is 96.2 cm³/mol. The third kappa shape index (κ3) is 2.35. The topological polar surface area (TPSA) is 95.8 Å². The van der Waals surface area contributed by atoms with Crippen LogP contribution in [0.15, 0.2) is 65.6 Å². The molecule has 4 aromatic rings. The van der Waals surface area contributed by atoms with E-state index in [1.807, 2.05) is 6.07 Å². The van der Waals surface area contributed by atoms with E-state index < -0.39 is 4.92 Å². The molecule has 4 rings (SSSR count). The molecule has 0 fully saturated rings. The largest absolute Gasteiger partial charge is 0.315 e. The van der Waals surface area contributed by atoms with Crippen LogP contribution in [0.25, 0.3) is 27.8 Å². The van der Waals surface area contributed by atoms with Crippen LogP contribution in [0.4, 0.5) is 5.69 Å². The first-order valence-electron chi connectivity index (χ1n) is 7.82. The van der Waals surface area contributed by atoms with Crippen LogP contribution in [-0.2, 0) is 7.05 Å². The molecule has 2 aromatic carbocycles. The fraction of sp³-hybridized carbons (Fsp3) is 0.0556. The molecule has 0 saturated carbocycles. The van der Waals surface area contributed by atoms with E-state index in [1.165, 1.54) is 15.6 Å². The van der Waals surface area contributed by atoms with E-state index in [9.17, 15) is 14.9 Å². The third-order valence-electron chi connectivity index (χ3n) is 4.13. The summed E-state index contributed by atoms with van der Waals surface area (Å²) in [5, 5.41) is 21.1. The predicted octanol–water partition coefficient (Wildman–Crippen LogP) is 2.69. The van der Waals surface area contributed by atoms with Crippen molar-refractivity contribution in [3.63, 3.8) is 0 Å². The van der Waals surface area contributed by atoms with E-state index in [-0.39, 0.29) is 11.2 Å². The van der Waals surface area contributed by atoms with E-state index >= 15 is 0 Å². The number of benzene rings is 2. The zero-order chi connectivity index (χ0) is 18.3. The summed E-state index contributed by atoms with van der Waals surface area (Å²) >= 11 is 0. The van der Waals surface area contributed by atoms with Gasteiger partial charge in [0.25, 0.3) is 5.56 Å². The van der Waals surface area contributed by atoms with Crippen LogP contribution in [-0.4, -0.2) is 24.5 Å². The van der Waals surface area contributed by atoms with E-state index in [4.69, 9.17) is 0 Å². The van der Waals surface area contributed by atoms with Gasteiger partial charge in [0.05, 0.1) is 10.3 Å². The second kappa shape index (κ2) is 5.92. The van der Waals surface area contributed by atoms with Crippen LogP contribution in [0.3, 0.4) is 0 Å². The number of nitro groups is 1. The van der Waals surface area contributed by atoms with Crippen molar-refractivity contribution in [2.75, 3.05) is 0 Å². The number of fused-ring (bicyclic) bond motifs is 1. The van der Waals surface area contributed by atoms with Crippen LogP contribution in [0, 0.1) is 10.1 Å². The van der Waals surface area contributed by atoms with Crippen molar-refractivity contribution in [1.82, 2.24) is 19.6 Å². The molecule has 0 aliphatic carbocycles.